The van der Waals surface area contributed by atoms with Crippen LogP contribution in [0.15, 0.2) is 0 Å². The molecular formula is C3H2F4. The second-order valence-electron chi connectivity index (χ2n) is 0.642. The molecule has 0 N–H and O–H groups in total. The van der Waals surface area contributed by atoms with Gasteiger partial charge in [-0.1, -0.05) is 0 Å². The number of hydrogen-bond donors (Lipinski definition) is 0. The van der Waals surface area contributed by atoms with Gasteiger partial charge in [-0.15, -0.1) is 6.42 Å². The van der Waals surface area contributed by atoms with Crippen LogP contribution in [-0.4, -0.2) is 6.18 Å². The normalized spacial score (nSPS) is 8.86. The van der Waals surface area contributed by atoms with Crippen LogP contribution in [0.25, 0.3) is 0 Å². The summed E-state index contributed by atoms with van der Waals surface area (Å²) in [6, 6.07) is 0. The van der Waals surface area contributed by atoms with E-state index in [0.29, 0.717) is 5.92 Å². The number of rotatable bonds is 0. The van der Waals surface area contributed by atoms with Gasteiger partial charge in [-0.3, -0.25) is 4.70 Å². The standard InChI is InChI=1S/C3HF3.FH/c1-2-3(4,5)6;/h1H;1H. The van der Waals surface area contributed by atoms with Gasteiger partial charge in [-0.2, -0.15) is 13.2 Å². The SMILES string of the molecule is C#CC(F)(F)F.F. The van der Waals surface area contributed by atoms with Gasteiger partial charge in [0.25, 0.3) is 0 Å². The molecular weight excluding hydrogens is 112 g/mol. The van der Waals surface area contributed by atoms with E-state index in [2.05, 4.69) is 6.42 Å². The average molecular weight is 114 g/mol. The fourth-order valence-corrected chi connectivity index (χ4v) is 0. The number of terminal acetylenes is 1. The average Bonchev–Trinajstić information content (AvgIpc) is 1.35. The van der Waals surface area contributed by atoms with E-state index >= 15 is 0 Å². The summed E-state index contributed by atoms with van der Waals surface area (Å²) in [6.07, 6.45) is -0.500. The lowest BCUT2D eigenvalue weighted by Gasteiger charge is -1.88. The van der Waals surface area contributed by atoms with Gasteiger partial charge in [0.1, 0.15) is 0 Å². The van der Waals surface area contributed by atoms with Crippen LogP contribution in [0.1, 0.15) is 0 Å². The van der Waals surface area contributed by atoms with Crippen molar-refractivity contribution in [2.24, 2.45) is 0 Å². The molecule has 0 atom stereocenters. The van der Waals surface area contributed by atoms with Crippen molar-refractivity contribution >= 4 is 0 Å². The first-order valence-electron chi connectivity index (χ1n) is 1.11. The molecule has 0 saturated heterocycles. The first-order chi connectivity index (χ1) is 2.56. The molecule has 0 rings (SSSR count). The Hall–Kier alpha value is -0.720. The quantitative estimate of drug-likeness (QED) is 0.329. The van der Waals surface area contributed by atoms with Crippen LogP contribution in [0.3, 0.4) is 0 Å². The molecule has 0 aromatic heterocycles. The van der Waals surface area contributed by atoms with Crippen LogP contribution in [0.4, 0.5) is 17.9 Å². The highest BCUT2D eigenvalue weighted by molar-refractivity contribution is 4.92. The zero-order valence-corrected chi connectivity index (χ0v) is 3.12. The Morgan fingerprint density at radius 3 is 1.43 bits per heavy atom. The molecule has 0 nitrogen and oxygen atoms in total. The van der Waals surface area contributed by atoms with E-state index in [4.69, 9.17) is 0 Å². The molecule has 0 unspecified atom stereocenters. The molecule has 0 bridgehead atoms. The predicted octanol–water partition coefficient (Wildman–Crippen LogP) is 1.33. The molecule has 0 heterocycles. The second-order valence-corrected chi connectivity index (χ2v) is 0.642. The minimum absolute atomic E-state index is 0. The largest absolute Gasteiger partial charge is 0.457 e. The lowest BCUT2D eigenvalue weighted by Crippen LogP contribution is -1.99. The lowest BCUT2D eigenvalue weighted by atomic mass is 10.7. The molecule has 0 aliphatic rings. The maximum Gasteiger partial charge on any atom is 0.457 e. The Bertz CT molecular complexity index is 73.9. The van der Waals surface area contributed by atoms with Gasteiger partial charge in [0.15, 0.2) is 0 Å². The molecule has 0 fully saturated rings. The molecule has 0 aliphatic carbocycles. The smallest absolute Gasteiger partial charge is 0.269 e. The Balaban J connectivity index is 0. The molecule has 4 heteroatoms. The predicted molar refractivity (Wildman–Crippen MR) is 17.4 cm³/mol. The van der Waals surface area contributed by atoms with Gasteiger partial charge in [0.2, 0.25) is 0 Å². The van der Waals surface area contributed by atoms with Gasteiger partial charge in [0.05, 0.1) is 0 Å². The van der Waals surface area contributed by atoms with Gasteiger partial charge in [0, 0.05) is 5.92 Å². The van der Waals surface area contributed by atoms with E-state index < -0.39 is 6.18 Å². The summed E-state index contributed by atoms with van der Waals surface area (Å²) in [5, 5.41) is 0. The molecule has 0 spiro atoms. The third-order valence-electron chi connectivity index (χ3n) is 0.164. The molecule has 0 radical (unpaired) electrons. The maximum atomic E-state index is 10.5. The van der Waals surface area contributed by atoms with Crippen molar-refractivity contribution in [3.8, 4) is 12.3 Å². The van der Waals surface area contributed by atoms with E-state index in [0.717, 1.165) is 0 Å². The van der Waals surface area contributed by atoms with Crippen LogP contribution in [0, 0.1) is 12.3 Å². The van der Waals surface area contributed by atoms with Crippen molar-refractivity contribution in [2.75, 3.05) is 0 Å². The van der Waals surface area contributed by atoms with E-state index in [1.165, 1.54) is 0 Å². The number of hydrogen-bond acceptors (Lipinski definition) is 0. The van der Waals surface area contributed by atoms with Gasteiger partial charge >= 0.3 is 6.18 Å². The zero-order chi connectivity index (χ0) is 5.21. The minimum atomic E-state index is -4.43. The summed E-state index contributed by atoms with van der Waals surface area (Å²) in [4.78, 5) is 0. The first kappa shape index (κ1) is 9.56. The fourth-order valence-electron chi connectivity index (χ4n) is 0. The monoisotopic (exact) mass is 114 g/mol. The highest BCUT2D eigenvalue weighted by Crippen LogP contribution is 2.10. The van der Waals surface area contributed by atoms with Crippen molar-refractivity contribution in [1.29, 1.82) is 0 Å². The second kappa shape index (κ2) is 2.45. The topological polar surface area (TPSA) is 0 Å². The molecule has 0 saturated carbocycles. The fraction of sp³-hybridized carbons (Fsp3) is 0.333. The van der Waals surface area contributed by atoms with Crippen LogP contribution >= 0.6 is 0 Å². The van der Waals surface area contributed by atoms with Crippen molar-refractivity contribution in [1.82, 2.24) is 0 Å². The Morgan fingerprint density at radius 2 is 1.43 bits per heavy atom. The van der Waals surface area contributed by atoms with E-state index in [1.807, 2.05) is 0 Å². The Kier molecular flexibility index (Phi) is 3.35. The Labute approximate surface area is 37.7 Å². The van der Waals surface area contributed by atoms with Crippen molar-refractivity contribution in [3.63, 3.8) is 0 Å². The summed E-state index contributed by atoms with van der Waals surface area (Å²) in [5.41, 5.74) is 0. The Morgan fingerprint density at radius 1 is 1.29 bits per heavy atom. The number of halogens is 4. The molecule has 0 aromatic carbocycles. The summed E-state index contributed by atoms with van der Waals surface area (Å²) in [6.45, 7) is 0. The molecule has 0 amide bonds. The van der Waals surface area contributed by atoms with Gasteiger partial charge in [-0.25, -0.2) is 0 Å². The molecule has 0 aliphatic heterocycles. The highest BCUT2D eigenvalue weighted by atomic mass is 19.4. The highest BCUT2D eigenvalue weighted by Gasteiger charge is 2.21. The van der Waals surface area contributed by atoms with Crippen LogP contribution in [-0.2, 0) is 0 Å². The summed E-state index contributed by atoms with van der Waals surface area (Å²) >= 11 is 0. The van der Waals surface area contributed by atoms with E-state index in [1.54, 1.807) is 0 Å². The van der Waals surface area contributed by atoms with Crippen molar-refractivity contribution in [2.45, 2.75) is 6.18 Å². The van der Waals surface area contributed by atoms with E-state index in [-0.39, 0.29) is 4.70 Å². The molecule has 0 aromatic rings. The van der Waals surface area contributed by atoms with Crippen molar-refractivity contribution in [3.05, 3.63) is 0 Å². The summed E-state index contributed by atoms with van der Waals surface area (Å²) in [5.74, 6) is 0.604. The van der Waals surface area contributed by atoms with Crippen LogP contribution in [0.5, 0.6) is 0 Å². The lowest BCUT2D eigenvalue weighted by molar-refractivity contribution is -0.0695. The van der Waals surface area contributed by atoms with Crippen LogP contribution in [0.2, 0.25) is 0 Å². The van der Waals surface area contributed by atoms with Crippen molar-refractivity contribution < 1.29 is 17.9 Å². The molecule has 42 valence electrons. The maximum absolute atomic E-state index is 10.5. The van der Waals surface area contributed by atoms with Gasteiger partial charge < -0.3 is 0 Å². The zero-order valence-electron chi connectivity index (χ0n) is 3.12. The first-order valence-corrected chi connectivity index (χ1v) is 1.11. The molecule has 7 heavy (non-hydrogen) atoms. The third kappa shape index (κ3) is 10.9. The summed E-state index contributed by atoms with van der Waals surface area (Å²) in [7, 11) is 0. The van der Waals surface area contributed by atoms with E-state index in [9.17, 15) is 13.2 Å². The number of alkyl halides is 3. The van der Waals surface area contributed by atoms with Gasteiger partial charge in [-0.05, 0) is 0 Å². The minimum Gasteiger partial charge on any atom is -0.269 e. The summed E-state index contributed by atoms with van der Waals surface area (Å²) < 4.78 is 31.6. The third-order valence-corrected chi connectivity index (χ3v) is 0.164. The van der Waals surface area contributed by atoms with Crippen LogP contribution < -0.4 is 0 Å².